The summed E-state index contributed by atoms with van der Waals surface area (Å²) in [6, 6.07) is 16.9. The third kappa shape index (κ3) is 4.50. The van der Waals surface area contributed by atoms with Crippen molar-refractivity contribution >= 4 is 17.5 Å². The first-order chi connectivity index (χ1) is 10.2. The number of alkyl halides is 1. The highest BCUT2D eigenvalue weighted by Gasteiger charge is 2.11. The molecule has 4 heteroatoms. The monoisotopic (exact) mass is 303 g/mol. The summed E-state index contributed by atoms with van der Waals surface area (Å²) in [5, 5.41) is 0. The van der Waals surface area contributed by atoms with Gasteiger partial charge in [-0.05, 0) is 29.8 Å². The summed E-state index contributed by atoms with van der Waals surface area (Å²) < 4.78 is 5.59. The number of halogens is 1. The third-order valence-corrected chi connectivity index (χ3v) is 3.42. The fourth-order valence-electron chi connectivity index (χ4n) is 1.93. The molecule has 0 aliphatic heterocycles. The molecule has 3 nitrogen and oxygen atoms in total. The molecule has 0 aliphatic rings. The first kappa shape index (κ1) is 15.4. The smallest absolute Gasteiger partial charge is 0.253 e. The molecule has 2 aromatic rings. The summed E-state index contributed by atoms with van der Waals surface area (Å²) in [7, 11) is 1.77. The molecule has 0 atom stereocenters. The SMILES string of the molecule is CN(CCOc1ccccc1)C(=O)c1cccc(CCl)c1. The Morgan fingerprint density at radius 3 is 2.62 bits per heavy atom. The largest absolute Gasteiger partial charge is 0.492 e. The molecule has 2 aromatic carbocycles. The zero-order valence-electron chi connectivity index (χ0n) is 12.0. The standard InChI is InChI=1S/C17H18ClNO2/c1-19(10-11-21-16-8-3-2-4-9-16)17(20)15-7-5-6-14(12-15)13-18/h2-9,12H,10-11,13H2,1H3. The molecule has 0 bridgehead atoms. The summed E-state index contributed by atoms with van der Waals surface area (Å²) in [5.41, 5.74) is 1.59. The number of ether oxygens (including phenoxy) is 1. The average Bonchev–Trinajstić information content (AvgIpc) is 2.55. The summed E-state index contributed by atoms with van der Waals surface area (Å²) in [4.78, 5) is 13.9. The summed E-state index contributed by atoms with van der Waals surface area (Å²) >= 11 is 5.79. The molecule has 21 heavy (non-hydrogen) atoms. The maximum Gasteiger partial charge on any atom is 0.253 e. The molecular weight excluding hydrogens is 286 g/mol. The maximum absolute atomic E-state index is 12.3. The van der Waals surface area contributed by atoms with Crippen molar-refractivity contribution in [1.29, 1.82) is 0 Å². The zero-order valence-corrected chi connectivity index (χ0v) is 12.7. The van der Waals surface area contributed by atoms with E-state index >= 15 is 0 Å². The van der Waals surface area contributed by atoms with Gasteiger partial charge in [0.15, 0.2) is 0 Å². The molecule has 0 fully saturated rings. The molecule has 0 radical (unpaired) electrons. The number of rotatable bonds is 6. The number of para-hydroxylation sites is 1. The molecule has 0 aliphatic carbocycles. The van der Waals surface area contributed by atoms with Gasteiger partial charge in [-0.15, -0.1) is 11.6 Å². The van der Waals surface area contributed by atoms with Crippen LogP contribution < -0.4 is 4.74 Å². The van der Waals surface area contributed by atoms with Crippen LogP contribution >= 0.6 is 11.6 Å². The normalized spacial score (nSPS) is 10.2. The highest BCUT2D eigenvalue weighted by molar-refractivity contribution is 6.17. The topological polar surface area (TPSA) is 29.5 Å². The second-order valence-corrected chi connectivity index (χ2v) is 4.99. The van der Waals surface area contributed by atoms with E-state index in [1.807, 2.05) is 48.5 Å². The lowest BCUT2D eigenvalue weighted by Gasteiger charge is -2.18. The number of hydrogen-bond acceptors (Lipinski definition) is 2. The molecule has 0 N–H and O–H groups in total. The number of hydrogen-bond donors (Lipinski definition) is 0. The van der Waals surface area contributed by atoms with E-state index < -0.39 is 0 Å². The Hall–Kier alpha value is -2.00. The van der Waals surface area contributed by atoms with Gasteiger partial charge in [0.1, 0.15) is 12.4 Å². The Morgan fingerprint density at radius 1 is 1.14 bits per heavy atom. The predicted octanol–water partition coefficient (Wildman–Crippen LogP) is 3.58. The minimum Gasteiger partial charge on any atom is -0.492 e. The lowest BCUT2D eigenvalue weighted by atomic mass is 10.1. The van der Waals surface area contributed by atoms with Gasteiger partial charge in [-0.2, -0.15) is 0 Å². The fraction of sp³-hybridized carbons (Fsp3) is 0.235. The maximum atomic E-state index is 12.3. The van der Waals surface area contributed by atoms with Gasteiger partial charge < -0.3 is 9.64 Å². The van der Waals surface area contributed by atoms with Crippen LogP contribution in [0.1, 0.15) is 15.9 Å². The van der Waals surface area contributed by atoms with E-state index in [0.29, 0.717) is 24.6 Å². The van der Waals surface area contributed by atoms with Crippen LogP contribution in [0.2, 0.25) is 0 Å². The number of carbonyl (C=O) groups excluding carboxylic acids is 1. The van der Waals surface area contributed by atoms with Gasteiger partial charge in [0.05, 0.1) is 6.54 Å². The van der Waals surface area contributed by atoms with Crippen LogP contribution in [0, 0.1) is 0 Å². The van der Waals surface area contributed by atoms with Crippen molar-refractivity contribution in [1.82, 2.24) is 4.90 Å². The Balaban J connectivity index is 1.87. The Labute approximate surface area is 130 Å². The minimum absolute atomic E-state index is 0.0290. The van der Waals surface area contributed by atoms with Gasteiger partial charge in [-0.25, -0.2) is 0 Å². The third-order valence-electron chi connectivity index (χ3n) is 3.11. The number of nitrogens with zero attached hydrogens (tertiary/aromatic N) is 1. The number of benzene rings is 2. The van der Waals surface area contributed by atoms with Gasteiger partial charge in [0.25, 0.3) is 5.91 Å². The summed E-state index contributed by atoms with van der Waals surface area (Å²) in [6.07, 6.45) is 0. The van der Waals surface area contributed by atoms with E-state index in [1.165, 1.54) is 0 Å². The van der Waals surface area contributed by atoms with E-state index in [9.17, 15) is 4.79 Å². The number of likely N-dealkylation sites (N-methyl/N-ethyl adjacent to an activating group) is 1. The predicted molar refractivity (Wildman–Crippen MR) is 84.9 cm³/mol. The van der Waals surface area contributed by atoms with E-state index in [4.69, 9.17) is 16.3 Å². The van der Waals surface area contributed by atoms with Crippen LogP contribution in [0.25, 0.3) is 0 Å². The summed E-state index contributed by atoms with van der Waals surface area (Å²) in [5.74, 6) is 1.18. The second-order valence-electron chi connectivity index (χ2n) is 4.72. The van der Waals surface area contributed by atoms with Crippen molar-refractivity contribution in [2.24, 2.45) is 0 Å². The molecule has 110 valence electrons. The van der Waals surface area contributed by atoms with E-state index in [-0.39, 0.29) is 5.91 Å². The van der Waals surface area contributed by atoms with E-state index in [2.05, 4.69) is 0 Å². The van der Waals surface area contributed by atoms with E-state index in [0.717, 1.165) is 11.3 Å². The number of amides is 1. The molecule has 0 saturated carbocycles. The first-order valence-corrected chi connectivity index (χ1v) is 7.32. The van der Waals surface area contributed by atoms with Crippen molar-refractivity contribution < 1.29 is 9.53 Å². The Bertz CT molecular complexity index is 586. The molecule has 2 rings (SSSR count). The van der Waals surface area contributed by atoms with Crippen molar-refractivity contribution in [3.05, 3.63) is 65.7 Å². The lowest BCUT2D eigenvalue weighted by Crippen LogP contribution is -2.30. The fourth-order valence-corrected chi connectivity index (χ4v) is 2.09. The molecule has 0 heterocycles. The molecule has 0 aromatic heterocycles. The molecule has 0 saturated heterocycles. The van der Waals surface area contributed by atoms with Gasteiger partial charge in [-0.1, -0.05) is 30.3 Å². The van der Waals surface area contributed by atoms with E-state index in [1.54, 1.807) is 18.0 Å². The second kappa shape index (κ2) is 7.70. The van der Waals surface area contributed by atoms with Gasteiger partial charge in [0, 0.05) is 18.5 Å². The van der Waals surface area contributed by atoms with Crippen LogP contribution in [0.15, 0.2) is 54.6 Å². The molecule has 0 unspecified atom stereocenters. The Morgan fingerprint density at radius 2 is 1.90 bits per heavy atom. The molecular formula is C17H18ClNO2. The Kier molecular flexibility index (Phi) is 5.64. The van der Waals surface area contributed by atoms with Gasteiger partial charge in [-0.3, -0.25) is 4.79 Å². The van der Waals surface area contributed by atoms with Crippen molar-refractivity contribution in [3.63, 3.8) is 0 Å². The zero-order chi connectivity index (χ0) is 15.1. The lowest BCUT2D eigenvalue weighted by molar-refractivity contribution is 0.0773. The van der Waals surface area contributed by atoms with Crippen molar-refractivity contribution in [2.45, 2.75) is 5.88 Å². The van der Waals surface area contributed by atoms with Crippen LogP contribution in [-0.4, -0.2) is 31.0 Å². The number of carbonyl (C=O) groups is 1. The quantitative estimate of drug-likeness (QED) is 0.763. The van der Waals surface area contributed by atoms with Gasteiger partial charge >= 0.3 is 0 Å². The highest BCUT2D eigenvalue weighted by atomic mass is 35.5. The first-order valence-electron chi connectivity index (χ1n) is 6.79. The van der Waals surface area contributed by atoms with Crippen LogP contribution in [0.5, 0.6) is 5.75 Å². The average molecular weight is 304 g/mol. The van der Waals surface area contributed by atoms with Crippen molar-refractivity contribution in [2.75, 3.05) is 20.2 Å². The van der Waals surface area contributed by atoms with Crippen LogP contribution in [0.4, 0.5) is 0 Å². The molecule has 1 amide bonds. The van der Waals surface area contributed by atoms with Crippen LogP contribution in [0.3, 0.4) is 0 Å². The van der Waals surface area contributed by atoms with Gasteiger partial charge in [0.2, 0.25) is 0 Å². The highest BCUT2D eigenvalue weighted by Crippen LogP contribution is 2.11. The minimum atomic E-state index is -0.0290. The van der Waals surface area contributed by atoms with Crippen molar-refractivity contribution in [3.8, 4) is 5.75 Å². The van der Waals surface area contributed by atoms with Crippen LogP contribution in [-0.2, 0) is 5.88 Å². The molecule has 0 spiro atoms. The summed E-state index contributed by atoms with van der Waals surface area (Å²) in [6.45, 7) is 0.986.